The molecule has 0 N–H and O–H groups in total. The molecule has 142 valence electrons. The first-order valence-electron chi connectivity index (χ1n) is 8.81. The van der Waals surface area contributed by atoms with Crippen molar-refractivity contribution in [3.63, 3.8) is 0 Å². The molecule has 0 aliphatic carbocycles. The van der Waals surface area contributed by atoms with Crippen molar-refractivity contribution in [1.29, 1.82) is 0 Å². The quantitative estimate of drug-likeness (QED) is 0.776. The number of pyridine rings is 1. The third kappa shape index (κ3) is 3.63. The van der Waals surface area contributed by atoms with E-state index in [-0.39, 0.29) is 5.56 Å². The molecular formula is C20H21FN2O4. The van der Waals surface area contributed by atoms with Gasteiger partial charge in [0.25, 0.3) is 11.5 Å². The van der Waals surface area contributed by atoms with Crippen molar-refractivity contribution >= 4 is 11.9 Å². The number of hydrogen-bond acceptors (Lipinski definition) is 4. The molecule has 1 aliphatic heterocycles. The molecule has 0 spiro atoms. The lowest BCUT2D eigenvalue weighted by Gasteiger charge is -2.34. The maximum absolute atomic E-state index is 13.2. The highest BCUT2D eigenvalue weighted by molar-refractivity contribution is 5.97. The third-order valence-corrected chi connectivity index (χ3v) is 4.86. The van der Waals surface area contributed by atoms with Gasteiger partial charge < -0.3 is 9.64 Å². The average Bonchev–Trinajstić information content (AvgIpc) is 2.68. The van der Waals surface area contributed by atoms with E-state index in [0.29, 0.717) is 24.2 Å². The lowest BCUT2D eigenvalue weighted by molar-refractivity contribution is -0.147. The number of carbonyl (C=O) groups excluding carboxylic acids is 2. The van der Waals surface area contributed by atoms with Crippen LogP contribution in [-0.4, -0.2) is 41.0 Å². The summed E-state index contributed by atoms with van der Waals surface area (Å²) in [6, 6.07) is 6.42. The Hall–Kier alpha value is -2.96. The zero-order valence-corrected chi connectivity index (χ0v) is 15.3. The molecule has 0 saturated carbocycles. The molecule has 2 heterocycles. The van der Waals surface area contributed by atoms with E-state index in [1.807, 2.05) is 0 Å². The largest absolute Gasteiger partial charge is 0.467 e. The SMILES string of the molecule is COC(=O)C1CCCCN1C(=O)c1c(C)ccn(-c2ccc(F)cc2)c1=O. The summed E-state index contributed by atoms with van der Waals surface area (Å²) in [5.41, 5.74) is 0.495. The van der Waals surface area contributed by atoms with Crippen LogP contribution in [0.2, 0.25) is 0 Å². The lowest BCUT2D eigenvalue weighted by atomic mass is 10.00. The van der Waals surface area contributed by atoms with Gasteiger partial charge >= 0.3 is 5.97 Å². The molecule has 6 nitrogen and oxygen atoms in total. The van der Waals surface area contributed by atoms with Crippen molar-refractivity contribution in [3.05, 3.63) is 63.8 Å². The molecular weight excluding hydrogens is 351 g/mol. The topological polar surface area (TPSA) is 68.6 Å². The van der Waals surface area contributed by atoms with Gasteiger partial charge in [0, 0.05) is 18.4 Å². The van der Waals surface area contributed by atoms with E-state index in [9.17, 15) is 18.8 Å². The van der Waals surface area contributed by atoms with Crippen LogP contribution >= 0.6 is 0 Å². The van der Waals surface area contributed by atoms with Crippen molar-refractivity contribution in [2.45, 2.75) is 32.2 Å². The molecule has 0 radical (unpaired) electrons. The van der Waals surface area contributed by atoms with Gasteiger partial charge in [0.2, 0.25) is 0 Å². The van der Waals surface area contributed by atoms with Crippen LogP contribution in [-0.2, 0) is 9.53 Å². The molecule has 1 amide bonds. The summed E-state index contributed by atoms with van der Waals surface area (Å²) in [5.74, 6) is -1.37. The monoisotopic (exact) mass is 372 g/mol. The predicted octanol–water partition coefficient (Wildman–Crippen LogP) is 2.45. The number of carbonyl (C=O) groups is 2. The molecule has 1 fully saturated rings. The molecule has 3 rings (SSSR count). The molecule has 27 heavy (non-hydrogen) atoms. The molecule has 1 aromatic carbocycles. The van der Waals surface area contributed by atoms with Crippen LogP contribution in [0.5, 0.6) is 0 Å². The normalized spacial score (nSPS) is 16.9. The second-order valence-corrected chi connectivity index (χ2v) is 6.56. The van der Waals surface area contributed by atoms with Crippen LogP contribution in [0, 0.1) is 12.7 Å². The number of hydrogen-bond donors (Lipinski definition) is 0. The van der Waals surface area contributed by atoms with Gasteiger partial charge in [0.15, 0.2) is 0 Å². The van der Waals surface area contributed by atoms with Gasteiger partial charge in [-0.15, -0.1) is 0 Å². The Morgan fingerprint density at radius 2 is 1.85 bits per heavy atom. The minimum atomic E-state index is -0.686. The Bertz CT molecular complexity index is 921. The highest BCUT2D eigenvalue weighted by atomic mass is 19.1. The first kappa shape index (κ1) is 18.8. The summed E-state index contributed by atoms with van der Waals surface area (Å²) in [6.07, 6.45) is 3.64. The van der Waals surface area contributed by atoms with Crippen molar-refractivity contribution in [2.75, 3.05) is 13.7 Å². The second-order valence-electron chi connectivity index (χ2n) is 6.56. The van der Waals surface area contributed by atoms with E-state index in [1.165, 1.54) is 40.8 Å². The average molecular weight is 372 g/mol. The number of nitrogens with zero attached hydrogens (tertiary/aromatic N) is 2. The maximum atomic E-state index is 13.2. The second kappa shape index (κ2) is 7.73. The molecule has 0 bridgehead atoms. The fourth-order valence-corrected chi connectivity index (χ4v) is 3.39. The Morgan fingerprint density at radius 1 is 1.15 bits per heavy atom. The smallest absolute Gasteiger partial charge is 0.328 e. The molecule has 1 aliphatic rings. The van der Waals surface area contributed by atoms with Crippen LogP contribution < -0.4 is 5.56 Å². The van der Waals surface area contributed by atoms with Gasteiger partial charge in [-0.25, -0.2) is 9.18 Å². The van der Waals surface area contributed by atoms with Crippen LogP contribution in [0.1, 0.15) is 35.2 Å². The number of aromatic nitrogens is 1. The number of halogens is 1. The first-order chi connectivity index (χ1) is 12.9. The minimum Gasteiger partial charge on any atom is -0.467 e. The number of methoxy groups -OCH3 is 1. The van der Waals surface area contributed by atoms with Crippen molar-refractivity contribution in [2.24, 2.45) is 0 Å². The van der Waals surface area contributed by atoms with Gasteiger partial charge in [-0.05, 0) is 62.1 Å². The molecule has 7 heteroatoms. The third-order valence-electron chi connectivity index (χ3n) is 4.86. The van der Waals surface area contributed by atoms with Gasteiger partial charge in [0.1, 0.15) is 17.4 Å². The number of aryl methyl sites for hydroxylation is 1. The Balaban J connectivity index is 2.04. The lowest BCUT2D eigenvalue weighted by Crippen LogP contribution is -2.50. The van der Waals surface area contributed by atoms with Gasteiger partial charge in [-0.3, -0.25) is 14.2 Å². The number of piperidine rings is 1. The van der Waals surface area contributed by atoms with Gasteiger partial charge in [-0.1, -0.05) is 0 Å². The standard InChI is InChI=1S/C20H21FN2O4/c1-13-10-12-22(15-8-6-14(21)7-9-15)18(24)17(13)19(25)23-11-4-3-5-16(23)20(26)27-2/h6-10,12,16H,3-5,11H2,1-2H3. The van der Waals surface area contributed by atoms with E-state index >= 15 is 0 Å². The summed E-state index contributed by atoms with van der Waals surface area (Å²) >= 11 is 0. The van der Waals surface area contributed by atoms with E-state index in [2.05, 4.69) is 0 Å². The first-order valence-corrected chi connectivity index (χ1v) is 8.81. The Labute approximate surface area is 156 Å². The summed E-state index contributed by atoms with van der Waals surface area (Å²) < 4.78 is 19.3. The van der Waals surface area contributed by atoms with Gasteiger partial charge in [-0.2, -0.15) is 0 Å². The highest BCUT2D eigenvalue weighted by Gasteiger charge is 2.35. The van der Waals surface area contributed by atoms with Crippen LogP contribution in [0.3, 0.4) is 0 Å². The molecule has 1 atom stereocenters. The molecule has 1 unspecified atom stereocenters. The van der Waals surface area contributed by atoms with Crippen LogP contribution in [0.15, 0.2) is 41.3 Å². The maximum Gasteiger partial charge on any atom is 0.328 e. The van der Waals surface area contributed by atoms with Crippen molar-refractivity contribution in [3.8, 4) is 5.69 Å². The van der Waals surface area contributed by atoms with Crippen LogP contribution in [0.4, 0.5) is 4.39 Å². The number of benzene rings is 1. The number of ether oxygens (including phenoxy) is 1. The number of amides is 1. The van der Waals surface area contributed by atoms with Crippen molar-refractivity contribution < 1.29 is 18.7 Å². The number of rotatable bonds is 3. The number of esters is 1. The molecule has 1 aromatic heterocycles. The van der Waals surface area contributed by atoms with E-state index < -0.39 is 29.3 Å². The van der Waals surface area contributed by atoms with Crippen molar-refractivity contribution in [1.82, 2.24) is 9.47 Å². The summed E-state index contributed by atoms with van der Waals surface area (Å²) in [4.78, 5) is 39.7. The van der Waals surface area contributed by atoms with E-state index in [4.69, 9.17) is 4.74 Å². The molecule has 1 saturated heterocycles. The van der Waals surface area contributed by atoms with E-state index in [1.54, 1.807) is 19.2 Å². The highest BCUT2D eigenvalue weighted by Crippen LogP contribution is 2.21. The zero-order chi connectivity index (χ0) is 19.6. The zero-order valence-electron chi connectivity index (χ0n) is 15.3. The van der Waals surface area contributed by atoms with Gasteiger partial charge in [0.05, 0.1) is 7.11 Å². The minimum absolute atomic E-state index is 0.0117. The summed E-state index contributed by atoms with van der Waals surface area (Å²) in [5, 5.41) is 0. The predicted molar refractivity (Wildman–Crippen MR) is 97.4 cm³/mol. The van der Waals surface area contributed by atoms with Crippen LogP contribution in [0.25, 0.3) is 5.69 Å². The number of likely N-dealkylation sites (tertiary alicyclic amines) is 1. The summed E-state index contributed by atoms with van der Waals surface area (Å²) in [7, 11) is 1.29. The Kier molecular flexibility index (Phi) is 5.39. The fraction of sp³-hybridized carbons (Fsp3) is 0.350. The van der Waals surface area contributed by atoms with E-state index in [0.717, 1.165) is 12.8 Å². The molecule has 2 aromatic rings. The summed E-state index contributed by atoms with van der Waals surface area (Å²) in [6.45, 7) is 2.07. The Morgan fingerprint density at radius 3 is 2.52 bits per heavy atom. The fourth-order valence-electron chi connectivity index (χ4n) is 3.39.